The number of nitrogens with one attached hydrogen (secondary N) is 1. The Hall–Kier alpha value is -0.970. The van der Waals surface area contributed by atoms with Gasteiger partial charge in [-0.05, 0) is 30.3 Å². The van der Waals surface area contributed by atoms with Gasteiger partial charge in [-0.3, -0.25) is 5.41 Å². The minimum Gasteiger partial charge on any atom is -0.384 e. The van der Waals surface area contributed by atoms with E-state index in [0.717, 1.165) is 14.3 Å². The third kappa shape index (κ3) is 3.07. The summed E-state index contributed by atoms with van der Waals surface area (Å²) in [5, 5.41) is 8.10. The number of nitrogen functional groups attached to an aromatic ring is 1. The van der Waals surface area contributed by atoms with Crippen molar-refractivity contribution in [3.05, 3.63) is 57.5 Å². The molecule has 0 unspecified atom stereocenters. The van der Waals surface area contributed by atoms with Gasteiger partial charge < -0.3 is 5.73 Å². The van der Waals surface area contributed by atoms with E-state index in [2.05, 4.69) is 15.9 Å². The maximum Gasteiger partial charge on any atom is 0.125 e. The highest BCUT2D eigenvalue weighted by Gasteiger charge is 2.11. The number of hydrogen-bond donors (Lipinski definition) is 2. The van der Waals surface area contributed by atoms with Crippen molar-refractivity contribution in [2.45, 2.75) is 9.79 Å². The second-order valence-electron chi connectivity index (χ2n) is 3.59. The van der Waals surface area contributed by atoms with Gasteiger partial charge in [0.1, 0.15) is 5.84 Å². The van der Waals surface area contributed by atoms with Gasteiger partial charge in [0.05, 0.1) is 5.02 Å². The quantitative estimate of drug-likeness (QED) is 0.636. The minimum atomic E-state index is -0.0157. The molecule has 0 heterocycles. The zero-order valence-corrected chi connectivity index (χ0v) is 12.4. The Labute approximate surface area is 123 Å². The summed E-state index contributed by atoms with van der Waals surface area (Å²) in [5.74, 6) is -0.0157. The van der Waals surface area contributed by atoms with E-state index in [4.69, 9.17) is 22.7 Å². The zero-order valence-electron chi connectivity index (χ0n) is 9.28. The molecule has 5 heteroatoms. The average Bonchev–Trinajstić information content (AvgIpc) is 2.28. The molecule has 0 amide bonds. The lowest BCUT2D eigenvalue weighted by Crippen LogP contribution is -2.12. The van der Waals surface area contributed by atoms with Gasteiger partial charge in [0.15, 0.2) is 0 Å². The number of amidine groups is 1. The lowest BCUT2D eigenvalue weighted by Gasteiger charge is -2.09. The van der Waals surface area contributed by atoms with Crippen LogP contribution in [0.2, 0.25) is 5.02 Å². The third-order valence-electron chi connectivity index (χ3n) is 2.27. The van der Waals surface area contributed by atoms with Crippen molar-refractivity contribution >= 4 is 45.1 Å². The molecule has 2 aromatic carbocycles. The zero-order chi connectivity index (χ0) is 13.1. The highest BCUT2D eigenvalue weighted by atomic mass is 79.9. The topological polar surface area (TPSA) is 49.9 Å². The molecule has 0 fully saturated rings. The van der Waals surface area contributed by atoms with Crippen LogP contribution < -0.4 is 5.73 Å². The molecule has 2 nitrogen and oxygen atoms in total. The molecule has 0 spiro atoms. The second kappa shape index (κ2) is 5.78. The van der Waals surface area contributed by atoms with Crippen molar-refractivity contribution in [2.24, 2.45) is 5.73 Å². The van der Waals surface area contributed by atoms with E-state index >= 15 is 0 Å². The lowest BCUT2D eigenvalue weighted by atomic mass is 10.2. The van der Waals surface area contributed by atoms with Crippen LogP contribution in [0, 0.1) is 5.41 Å². The molecular weight excluding hydrogens is 332 g/mol. The summed E-state index contributed by atoms with van der Waals surface area (Å²) in [6.07, 6.45) is 0. The molecule has 0 bridgehead atoms. The normalized spacial score (nSPS) is 10.3. The fourth-order valence-electron chi connectivity index (χ4n) is 1.51. The predicted octanol–water partition coefficient (Wildman–Crippen LogP) is 4.54. The fourth-order valence-corrected chi connectivity index (χ4v) is 3.45. The van der Waals surface area contributed by atoms with E-state index in [9.17, 15) is 0 Å². The van der Waals surface area contributed by atoms with E-state index < -0.39 is 0 Å². The molecule has 0 radical (unpaired) electrons. The van der Waals surface area contributed by atoms with Crippen LogP contribution in [0.15, 0.2) is 56.7 Å². The SMILES string of the molecule is N=C(N)c1c(Cl)cccc1Sc1cccc(Br)c1. The molecule has 0 aromatic heterocycles. The summed E-state index contributed by atoms with van der Waals surface area (Å²) >= 11 is 11.0. The van der Waals surface area contributed by atoms with Crippen molar-refractivity contribution < 1.29 is 0 Å². The molecule has 2 aromatic rings. The molecule has 0 atom stereocenters. The van der Waals surface area contributed by atoms with Crippen LogP contribution in [0.1, 0.15) is 5.56 Å². The second-order valence-corrected chi connectivity index (χ2v) is 6.02. The van der Waals surface area contributed by atoms with E-state index in [1.165, 1.54) is 11.8 Å². The molecular formula is C13H10BrClN2S. The first kappa shape index (κ1) is 13.5. The highest BCUT2D eigenvalue weighted by Crippen LogP contribution is 2.34. The Morgan fingerprint density at radius 3 is 2.61 bits per heavy atom. The van der Waals surface area contributed by atoms with Crippen molar-refractivity contribution in [2.75, 3.05) is 0 Å². The maximum absolute atomic E-state index is 7.60. The fraction of sp³-hybridized carbons (Fsp3) is 0. The third-order valence-corrected chi connectivity index (χ3v) is 4.13. The molecule has 0 saturated carbocycles. The first-order valence-electron chi connectivity index (χ1n) is 5.14. The van der Waals surface area contributed by atoms with E-state index in [0.29, 0.717) is 10.6 Å². The molecule has 0 saturated heterocycles. The molecule has 0 aliphatic rings. The summed E-state index contributed by atoms with van der Waals surface area (Å²) in [5.41, 5.74) is 6.16. The van der Waals surface area contributed by atoms with Gasteiger partial charge in [-0.2, -0.15) is 0 Å². The molecule has 3 N–H and O–H groups in total. The number of nitrogens with two attached hydrogens (primary N) is 1. The van der Waals surface area contributed by atoms with Crippen LogP contribution in [0.4, 0.5) is 0 Å². The van der Waals surface area contributed by atoms with E-state index in [-0.39, 0.29) is 5.84 Å². The Morgan fingerprint density at radius 2 is 1.94 bits per heavy atom. The van der Waals surface area contributed by atoms with Crippen molar-refractivity contribution in [3.8, 4) is 0 Å². The number of rotatable bonds is 3. The van der Waals surface area contributed by atoms with E-state index in [1.54, 1.807) is 6.07 Å². The van der Waals surface area contributed by atoms with Crippen LogP contribution in [0.3, 0.4) is 0 Å². The Bertz CT molecular complexity index is 601. The number of benzene rings is 2. The van der Waals surface area contributed by atoms with Crippen LogP contribution in [-0.4, -0.2) is 5.84 Å². The van der Waals surface area contributed by atoms with Gasteiger partial charge in [-0.1, -0.05) is 51.4 Å². The Kier molecular flexibility index (Phi) is 4.32. The minimum absolute atomic E-state index is 0.0157. The summed E-state index contributed by atoms with van der Waals surface area (Å²) in [6.45, 7) is 0. The Balaban J connectivity index is 2.40. The first-order valence-corrected chi connectivity index (χ1v) is 7.13. The molecule has 18 heavy (non-hydrogen) atoms. The first-order chi connectivity index (χ1) is 8.58. The van der Waals surface area contributed by atoms with Crippen LogP contribution in [0.25, 0.3) is 0 Å². The van der Waals surface area contributed by atoms with Gasteiger partial charge in [0, 0.05) is 19.8 Å². The lowest BCUT2D eigenvalue weighted by molar-refractivity contribution is 1.33. The summed E-state index contributed by atoms with van der Waals surface area (Å²) < 4.78 is 1.01. The number of hydrogen-bond acceptors (Lipinski definition) is 2. The number of halogens is 2. The van der Waals surface area contributed by atoms with Crippen molar-refractivity contribution in [1.29, 1.82) is 5.41 Å². The van der Waals surface area contributed by atoms with Gasteiger partial charge in [-0.15, -0.1) is 0 Å². The van der Waals surface area contributed by atoms with Gasteiger partial charge in [-0.25, -0.2) is 0 Å². The average molecular weight is 342 g/mol. The summed E-state index contributed by atoms with van der Waals surface area (Å²) in [6, 6.07) is 13.4. The monoisotopic (exact) mass is 340 g/mol. The van der Waals surface area contributed by atoms with Crippen LogP contribution in [-0.2, 0) is 0 Å². The molecule has 92 valence electrons. The summed E-state index contributed by atoms with van der Waals surface area (Å²) in [7, 11) is 0. The highest BCUT2D eigenvalue weighted by molar-refractivity contribution is 9.10. The largest absolute Gasteiger partial charge is 0.384 e. The molecule has 0 aliphatic heterocycles. The molecule has 0 aliphatic carbocycles. The smallest absolute Gasteiger partial charge is 0.125 e. The maximum atomic E-state index is 7.60. The van der Waals surface area contributed by atoms with Gasteiger partial charge in [0.25, 0.3) is 0 Å². The van der Waals surface area contributed by atoms with Gasteiger partial charge >= 0.3 is 0 Å². The van der Waals surface area contributed by atoms with E-state index in [1.807, 2.05) is 36.4 Å². The van der Waals surface area contributed by atoms with Crippen molar-refractivity contribution in [1.82, 2.24) is 0 Å². The van der Waals surface area contributed by atoms with Crippen LogP contribution >= 0.6 is 39.3 Å². The van der Waals surface area contributed by atoms with Crippen molar-refractivity contribution in [3.63, 3.8) is 0 Å². The molecule has 2 rings (SSSR count). The van der Waals surface area contributed by atoms with Crippen LogP contribution in [0.5, 0.6) is 0 Å². The standard InChI is InChI=1S/C13H10BrClN2S/c14-8-3-1-4-9(7-8)18-11-6-2-5-10(15)12(11)13(16)17/h1-7H,(H3,16,17). The Morgan fingerprint density at radius 1 is 1.22 bits per heavy atom. The van der Waals surface area contributed by atoms with Gasteiger partial charge in [0.2, 0.25) is 0 Å². The summed E-state index contributed by atoms with van der Waals surface area (Å²) in [4.78, 5) is 1.95. The predicted molar refractivity (Wildman–Crippen MR) is 80.7 cm³/mol.